The minimum absolute atomic E-state index is 0.297. The first-order valence-electron chi connectivity index (χ1n) is 6.16. The summed E-state index contributed by atoms with van der Waals surface area (Å²) >= 11 is 0. The lowest BCUT2D eigenvalue weighted by atomic mass is 9.97. The number of hydrogen-bond donors (Lipinski definition) is 2. The quantitative estimate of drug-likeness (QED) is 0.614. The van der Waals surface area contributed by atoms with Crippen LogP contribution in [0.4, 0.5) is 13.2 Å². The number of nitrogens with zero attached hydrogens (tertiary/aromatic N) is 1. The molecule has 0 aromatic carbocycles. The lowest BCUT2D eigenvalue weighted by Gasteiger charge is -2.48. The molecule has 19 heavy (non-hydrogen) atoms. The second-order valence-corrected chi connectivity index (χ2v) is 6.34. The summed E-state index contributed by atoms with van der Waals surface area (Å²) in [6, 6.07) is 0. The van der Waals surface area contributed by atoms with Crippen molar-refractivity contribution in [2.75, 3.05) is 19.6 Å². The molecule has 1 atom stereocenters. The molecule has 0 spiro atoms. The van der Waals surface area contributed by atoms with E-state index in [-0.39, 0.29) is 6.54 Å². The van der Waals surface area contributed by atoms with Crippen LogP contribution in [-0.4, -0.2) is 47.7 Å². The third-order valence-electron chi connectivity index (χ3n) is 2.97. The number of hydrogen-bond acceptors (Lipinski definition) is 3. The van der Waals surface area contributed by atoms with Crippen molar-refractivity contribution in [3.05, 3.63) is 0 Å². The topological polar surface area (TPSA) is 62.3 Å². The van der Waals surface area contributed by atoms with Crippen molar-refractivity contribution in [1.29, 1.82) is 5.41 Å². The van der Waals surface area contributed by atoms with Crippen molar-refractivity contribution in [2.24, 2.45) is 11.7 Å². The maximum Gasteiger partial charge on any atom is 0.399 e. The number of halogens is 3. The number of alkyl halides is 3. The van der Waals surface area contributed by atoms with E-state index in [4.69, 9.17) is 15.9 Å². The molecule has 1 aliphatic rings. The Labute approximate surface area is 111 Å². The maximum atomic E-state index is 12.8. The molecule has 0 saturated carbocycles. The molecule has 0 radical (unpaired) electrons. The summed E-state index contributed by atoms with van der Waals surface area (Å²) in [4.78, 5) is 1.67. The first-order valence-corrected chi connectivity index (χ1v) is 6.16. The molecular weight excluding hydrogens is 259 g/mol. The number of ether oxygens (including phenoxy) is 1. The van der Waals surface area contributed by atoms with Crippen molar-refractivity contribution in [3.8, 4) is 0 Å². The predicted octanol–water partition coefficient (Wildman–Crippen LogP) is 1.99. The molecule has 112 valence electrons. The van der Waals surface area contributed by atoms with Crippen LogP contribution in [0.1, 0.15) is 27.7 Å². The minimum atomic E-state index is -4.49. The standard InChI is InChI=1S/C12H22F3N3O/c1-10(2)6-18(7-11(3,4)19-10)5-8(9(16)17)12(13,14)15/h8H,5-7H2,1-4H3,(H3,16,17). The van der Waals surface area contributed by atoms with Gasteiger partial charge in [-0.25, -0.2) is 0 Å². The molecule has 1 saturated heterocycles. The minimum Gasteiger partial charge on any atom is -0.387 e. The van der Waals surface area contributed by atoms with Crippen molar-refractivity contribution in [3.63, 3.8) is 0 Å². The molecule has 1 rings (SSSR count). The number of nitrogens with one attached hydrogen (secondary N) is 1. The highest BCUT2D eigenvalue weighted by molar-refractivity contribution is 5.80. The van der Waals surface area contributed by atoms with Crippen LogP contribution < -0.4 is 5.73 Å². The maximum absolute atomic E-state index is 12.8. The predicted molar refractivity (Wildman–Crippen MR) is 67.1 cm³/mol. The second kappa shape index (κ2) is 4.94. The summed E-state index contributed by atoms with van der Waals surface area (Å²) in [5.41, 5.74) is 4.04. The van der Waals surface area contributed by atoms with Gasteiger partial charge < -0.3 is 10.5 Å². The van der Waals surface area contributed by atoms with E-state index in [0.29, 0.717) is 13.1 Å². The van der Waals surface area contributed by atoms with Crippen molar-refractivity contribution >= 4 is 5.84 Å². The number of amidine groups is 1. The van der Waals surface area contributed by atoms with Gasteiger partial charge in [0.1, 0.15) is 11.8 Å². The molecule has 1 fully saturated rings. The van der Waals surface area contributed by atoms with Crippen LogP contribution in [0.2, 0.25) is 0 Å². The van der Waals surface area contributed by atoms with Gasteiger partial charge in [-0.1, -0.05) is 0 Å². The molecule has 3 N–H and O–H groups in total. The molecule has 1 heterocycles. The van der Waals surface area contributed by atoms with Gasteiger partial charge in [0, 0.05) is 19.6 Å². The molecule has 0 aromatic heterocycles. The van der Waals surface area contributed by atoms with Gasteiger partial charge in [0.25, 0.3) is 0 Å². The Morgan fingerprint density at radius 1 is 1.26 bits per heavy atom. The van der Waals surface area contributed by atoms with E-state index in [0.717, 1.165) is 0 Å². The van der Waals surface area contributed by atoms with Crippen LogP contribution in [0.5, 0.6) is 0 Å². The first kappa shape index (κ1) is 16.2. The van der Waals surface area contributed by atoms with E-state index in [9.17, 15) is 13.2 Å². The van der Waals surface area contributed by atoms with Crippen LogP contribution >= 0.6 is 0 Å². The molecular formula is C12H22F3N3O. The van der Waals surface area contributed by atoms with Crippen LogP contribution in [0.3, 0.4) is 0 Å². The molecule has 0 bridgehead atoms. The fourth-order valence-electron chi connectivity index (χ4n) is 2.71. The zero-order valence-electron chi connectivity index (χ0n) is 11.8. The highest BCUT2D eigenvalue weighted by Gasteiger charge is 2.46. The van der Waals surface area contributed by atoms with Gasteiger partial charge >= 0.3 is 6.18 Å². The molecule has 0 aromatic rings. The normalized spacial score (nSPS) is 25.0. The van der Waals surface area contributed by atoms with Gasteiger partial charge in [-0.2, -0.15) is 13.2 Å². The summed E-state index contributed by atoms with van der Waals surface area (Å²) in [6.07, 6.45) is -4.49. The van der Waals surface area contributed by atoms with E-state index < -0.39 is 29.1 Å². The van der Waals surface area contributed by atoms with E-state index in [1.807, 2.05) is 27.7 Å². The van der Waals surface area contributed by atoms with Crippen molar-refractivity contribution in [1.82, 2.24) is 4.90 Å². The van der Waals surface area contributed by atoms with Gasteiger partial charge in [0.15, 0.2) is 0 Å². The SMILES string of the molecule is CC1(C)CN(CC(C(=N)N)C(F)(F)F)CC(C)(C)O1. The molecule has 1 unspecified atom stereocenters. The van der Waals surface area contributed by atoms with Gasteiger partial charge in [0.05, 0.1) is 11.2 Å². The Kier molecular flexibility index (Phi) is 4.22. The Bertz CT molecular complexity index is 337. The lowest BCUT2D eigenvalue weighted by molar-refractivity contribution is -0.197. The van der Waals surface area contributed by atoms with Gasteiger partial charge in [-0.3, -0.25) is 10.3 Å². The average molecular weight is 281 g/mol. The van der Waals surface area contributed by atoms with Gasteiger partial charge in [-0.15, -0.1) is 0 Å². The van der Waals surface area contributed by atoms with Gasteiger partial charge in [0.2, 0.25) is 0 Å². The summed E-state index contributed by atoms with van der Waals surface area (Å²) in [5, 5.41) is 7.12. The zero-order chi connectivity index (χ0) is 15.1. The van der Waals surface area contributed by atoms with E-state index in [1.165, 1.54) is 0 Å². The number of nitrogens with two attached hydrogens (primary N) is 1. The Hall–Kier alpha value is -0.820. The molecule has 7 heteroatoms. The fourth-order valence-corrected chi connectivity index (χ4v) is 2.71. The second-order valence-electron chi connectivity index (χ2n) is 6.34. The summed E-state index contributed by atoms with van der Waals surface area (Å²) in [6.45, 7) is 7.85. The molecule has 0 aliphatic carbocycles. The van der Waals surface area contributed by atoms with Gasteiger partial charge in [-0.05, 0) is 27.7 Å². The van der Waals surface area contributed by atoms with Crippen LogP contribution in [0.15, 0.2) is 0 Å². The third kappa shape index (κ3) is 4.65. The largest absolute Gasteiger partial charge is 0.399 e. The highest BCUT2D eigenvalue weighted by atomic mass is 19.4. The van der Waals surface area contributed by atoms with Crippen LogP contribution in [0, 0.1) is 11.3 Å². The summed E-state index contributed by atoms with van der Waals surface area (Å²) in [7, 11) is 0. The summed E-state index contributed by atoms with van der Waals surface area (Å²) < 4.78 is 44.3. The molecule has 0 amide bonds. The Morgan fingerprint density at radius 3 is 2.00 bits per heavy atom. The average Bonchev–Trinajstić information content (AvgIpc) is 2.06. The first-order chi connectivity index (χ1) is 8.32. The highest BCUT2D eigenvalue weighted by Crippen LogP contribution is 2.32. The van der Waals surface area contributed by atoms with Crippen molar-refractivity contribution < 1.29 is 17.9 Å². The van der Waals surface area contributed by atoms with E-state index in [2.05, 4.69) is 0 Å². The third-order valence-corrected chi connectivity index (χ3v) is 2.97. The molecule has 4 nitrogen and oxygen atoms in total. The summed E-state index contributed by atoms with van der Waals surface area (Å²) in [5.74, 6) is -2.76. The zero-order valence-corrected chi connectivity index (χ0v) is 11.8. The molecule has 1 aliphatic heterocycles. The smallest absolute Gasteiger partial charge is 0.387 e. The lowest BCUT2D eigenvalue weighted by Crippen LogP contribution is -2.59. The van der Waals surface area contributed by atoms with Crippen LogP contribution in [0.25, 0.3) is 0 Å². The Morgan fingerprint density at radius 2 is 1.68 bits per heavy atom. The number of rotatable bonds is 3. The monoisotopic (exact) mass is 281 g/mol. The Balaban J connectivity index is 2.83. The van der Waals surface area contributed by atoms with E-state index >= 15 is 0 Å². The fraction of sp³-hybridized carbons (Fsp3) is 0.917. The van der Waals surface area contributed by atoms with E-state index in [1.54, 1.807) is 4.90 Å². The van der Waals surface area contributed by atoms with Crippen molar-refractivity contribution in [2.45, 2.75) is 45.1 Å². The number of morpholine rings is 1. The van der Waals surface area contributed by atoms with Crippen LogP contribution in [-0.2, 0) is 4.74 Å².